The second-order valence-electron chi connectivity index (χ2n) is 9.32. The first-order valence-corrected chi connectivity index (χ1v) is 14.2. The molecule has 1 aliphatic carbocycles. The van der Waals surface area contributed by atoms with Crippen LogP contribution in [-0.2, 0) is 11.4 Å². The van der Waals surface area contributed by atoms with Crippen molar-refractivity contribution in [1.29, 1.82) is 0 Å². The number of rotatable bonds is 9. The Balaban J connectivity index is 1.26. The molecular formula is C32H25BrO5S. The summed E-state index contributed by atoms with van der Waals surface area (Å²) in [5.74, 6) is 4.12. The lowest BCUT2D eigenvalue weighted by Gasteiger charge is -2.25. The Bertz CT molecular complexity index is 1600. The number of hydrogen-bond acceptors (Lipinski definition) is 6. The highest BCUT2D eigenvalue weighted by Crippen LogP contribution is 2.47. The molecule has 1 heterocycles. The molecule has 196 valence electrons. The van der Waals surface area contributed by atoms with Gasteiger partial charge in [-0.2, -0.15) is 0 Å². The summed E-state index contributed by atoms with van der Waals surface area (Å²) in [6, 6.07) is 29.8. The zero-order valence-electron chi connectivity index (χ0n) is 21.2. The maximum absolute atomic E-state index is 11.2. The molecule has 0 unspecified atom stereocenters. The van der Waals surface area contributed by atoms with Gasteiger partial charge in [-0.25, -0.2) is 0 Å². The minimum absolute atomic E-state index is 0.0183. The van der Waals surface area contributed by atoms with Crippen molar-refractivity contribution < 1.29 is 23.7 Å². The predicted octanol–water partition coefficient (Wildman–Crippen LogP) is 8.82. The molecule has 4 aromatic carbocycles. The van der Waals surface area contributed by atoms with E-state index in [0.29, 0.717) is 25.2 Å². The molecule has 6 rings (SSSR count). The molecule has 0 amide bonds. The molecule has 1 aliphatic rings. The molecule has 0 saturated heterocycles. The summed E-state index contributed by atoms with van der Waals surface area (Å²) in [7, 11) is 1.66. The van der Waals surface area contributed by atoms with E-state index >= 15 is 0 Å². The lowest BCUT2D eigenvalue weighted by Crippen LogP contribution is -2.33. The maximum atomic E-state index is 11.2. The van der Waals surface area contributed by atoms with Gasteiger partial charge in [-0.15, -0.1) is 11.3 Å². The van der Waals surface area contributed by atoms with Gasteiger partial charge in [0, 0.05) is 27.4 Å². The fourth-order valence-corrected chi connectivity index (χ4v) is 5.78. The number of Topliss-reactive ketones (excluding diaryl/α,β-unsaturated/α-hetero) is 1. The standard InChI is InChI=1S/C32H25BrO5S/c1-35-24-8-2-20(3-9-24)19-36-27-14-15-29-30(18-27)39-32(21-4-6-22(33)7-5-21)31(29)38-26-12-10-25(11-13-26)37-28-16-23(34)17-28/h2-15,18,28H,16-17,19H2,1H3. The van der Waals surface area contributed by atoms with Crippen LogP contribution in [0.1, 0.15) is 18.4 Å². The number of methoxy groups -OCH3 is 1. The summed E-state index contributed by atoms with van der Waals surface area (Å²) in [6.07, 6.45) is 0.957. The van der Waals surface area contributed by atoms with Crippen LogP contribution in [0.4, 0.5) is 0 Å². The molecule has 1 aromatic heterocycles. The van der Waals surface area contributed by atoms with Crippen molar-refractivity contribution in [2.45, 2.75) is 25.6 Å². The summed E-state index contributed by atoms with van der Waals surface area (Å²) in [5.41, 5.74) is 2.14. The van der Waals surface area contributed by atoms with E-state index in [4.69, 9.17) is 18.9 Å². The molecule has 5 aromatic rings. The third-order valence-corrected chi connectivity index (χ3v) is 8.26. The first kappa shape index (κ1) is 25.5. The Morgan fingerprint density at radius 3 is 2.18 bits per heavy atom. The van der Waals surface area contributed by atoms with E-state index in [1.54, 1.807) is 18.4 Å². The van der Waals surface area contributed by atoms with Gasteiger partial charge in [0.15, 0.2) is 5.75 Å². The van der Waals surface area contributed by atoms with Gasteiger partial charge >= 0.3 is 0 Å². The smallest absolute Gasteiger partial charge is 0.153 e. The molecule has 7 heteroatoms. The molecule has 0 atom stereocenters. The quantitative estimate of drug-likeness (QED) is 0.169. The minimum Gasteiger partial charge on any atom is -0.497 e. The number of hydrogen-bond donors (Lipinski definition) is 0. The molecule has 0 radical (unpaired) electrons. The van der Waals surface area contributed by atoms with E-state index in [2.05, 4.69) is 40.2 Å². The summed E-state index contributed by atoms with van der Waals surface area (Å²) in [5, 5.41) is 1.02. The van der Waals surface area contributed by atoms with Crippen LogP contribution in [-0.4, -0.2) is 19.0 Å². The van der Waals surface area contributed by atoms with E-state index < -0.39 is 0 Å². The van der Waals surface area contributed by atoms with E-state index in [9.17, 15) is 4.79 Å². The highest BCUT2D eigenvalue weighted by atomic mass is 79.9. The number of fused-ring (bicyclic) bond motifs is 1. The number of halogens is 1. The van der Waals surface area contributed by atoms with Crippen molar-refractivity contribution in [3.05, 3.63) is 101 Å². The number of thiophene rings is 1. The van der Waals surface area contributed by atoms with Gasteiger partial charge < -0.3 is 18.9 Å². The largest absolute Gasteiger partial charge is 0.497 e. The van der Waals surface area contributed by atoms with Gasteiger partial charge in [0.2, 0.25) is 0 Å². The van der Waals surface area contributed by atoms with Crippen LogP contribution in [0, 0.1) is 0 Å². The average molecular weight is 602 g/mol. The predicted molar refractivity (Wildman–Crippen MR) is 157 cm³/mol. The number of carbonyl (C=O) groups excluding carboxylic acids is 1. The van der Waals surface area contributed by atoms with Crippen LogP contribution < -0.4 is 18.9 Å². The Morgan fingerprint density at radius 2 is 1.49 bits per heavy atom. The Hall–Kier alpha value is -3.81. The van der Waals surface area contributed by atoms with Crippen molar-refractivity contribution in [1.82, 2.24) is 0 Å². The average Bonchev–Trinajstić information content (AvgIpc) is 3.30. The molecular weight excluding hydrogens is 576 g/mol. The van der Waals surface area contributed by atoms with Crippen LogP contribution in [0.2, 0.25) is 0 Å². The van der Waals surface area contributed by atoms with Gasteiger partial charge in [-0.05, 0) is 77.9 Å². The van der Waals surface area contributed by atoms with Gasteiger partial charge in [-0.1, -0.05) is 40.2 Å². The highest BCUT2D eigenvalue weighted by molar-refractivity contribution is 9.10. The first-order chi connectivity index (χ1) is 19.0. The van der Waals surface area contributed by atoms with Crippen LogP contribution in [0.15, 0.2) is 95.5 Å². The molecule has 0 bridgehead atoms. The highest BCUT2D eigenvalue weighted by Gasteiger charge is 2.28. The normalized spacial score (nSPS) is 13.2. The fraction of sp³-hybridized carbons (Fsp3) is 0.156. The van der Waals surface area contributed by atoms with Gasteiger partial charge in [-0.3, -0.25) is 4.79 Å². The fourth-order valence-electron chi connectivity index (χ4n) is 4.35. The lowest BCUT2D eigenvalue weighted by molar-refractivity contribution is -0.129. The summed E-state index contributed by atoms with van der Waals surface area (Å²) < 4.78 is 25.8. The molecule has 1 fully saturated rings. The van der Waals surface area contributed by atoms with Gasteiger partial charge in [0.1, 0.15) is 41.5 Å². The molecule has 5 nitrogen and oxygen atoms in total. The second-order valence-corrected chi connectivity index (χ2v) is 11.3. The van der Waals surface area contributed by atoms with Crippen LogP contribution in [0.5, 0.6) is 28.7 Å². The minimum atomic E-state index is -0.0183. The first-order valence-electron chi connectivity index (χ1n) is 12.6. The Morgan fingerprint density at radius 1 is 0.821 bits per heavy atom. The van der Waals surface area contributed by atoms with Gasteiger partial charge in [0.25, 0.3) is 0 Å². The van der Waals surface area contributed by atoms with E-state index in [-0.39, 0.29) is 11.9 Å². The number of carbonyl (C=O) groups is 1. The van der Waals surface area contributed by atoms with Crippen molar-refractivity contribution in [3.8, 4) is 39.2 Å². The number of ether oxygens (including phenoxy) is 4. The number of ketones is 1. The molecule has 39 heavy (non-hydrogen) atoms. The monoisotopic (exact) mass is 600 g/mol. The zero-order valence-corrected chi connectivity index (χ0v) is 23.6. The zero-order chi connectivity index (χ0) is 26.8. The third kappa shape index (κ3) is 5.79. The topological polar surface area (TPSA) is 54.0 Å². The van der Waals surface area contributed by atoms with Crippen molar-refractivity contribution in [2.75, 3.05) is 7.11 Å². The summed E-state index contributed by atoms with van der Waals surface area (Å²) >= 11 is 5.21. The van der Waals surface area contributed by atoms with E-state index in [1.165, 1.54) is 0 Å². The molecule has 0 spiro atoms. The summed E-state index contributed by atoms with van der Waals surface area (Å²) in [6.45, 7) is 0.466. The van der Waals surface area contributed by atoms with E-state index in [1.807, 2.05) is 66.7 Å². The third-order valence-electron chi connectivity index (χ3n) is 6.54. The molecule has 0 aliphatic heterocycles. The van der Waals surface area contributed by atoms with Crippen molar-refractivity contribution in [3.63, 3.8) is 0 Å². The number of benzene rings is 4. The maximum Gasteiger partial charge on any atom is 0.153 e. The Kier molecular flexibility index (Phi) is 7.26. The second kappa shape index (κ2) is 11.1. The SMILES string of the molecule is COc1ccc(COc2ccc3c(Oc4ccc(OC5CC(=O)C5)cc4)c(-c4ccc(Br)cc4)sc3c2)cc1. The van der Waals surface area contributed by atoms with Crippen LogP contribution in [0.25, 0.3) is 20.5 Å². The molecule has 1 saturated carbocycles. The van der Waals surface area contributed by atoms with E-state index in [0.717, 1.165) is 53.6 Å². The van der Waals surface area contributed by atoms with Crippen LogP contribution in [0.3, 0.4) is 0 Å². The van der Waals surface area contributed by atoms with Crippen LogP contribution >= 0.6 is 27.3 Å². The van der Waals surface area contributed by atoms with Crippen molar-refractivity contribution >= 4 is 43.1 Å². The lowest BCUT2D eigenvalue weighted by atomic mass is 9.94. The van der Waals surface area contributed by atoms with Gasteiger partial charge in [0.05, 0.1) is 12.0 Å². The summed E-state index contributed by atoms with van der Waals surface area (Å²) in [4.78, 5) is 12.3. The Labute approximate surface area is 239 Å². The van der Waals surface area contributed by atoms with Crippen molar-refractivity contribution in [2.24, 2.45) is 0 Å². The molecule has 0 N–H and O–H groups in total.